The monoisotopic (exact) mass is 496 g/mol. The molecule has 0 bridgehead atoms. The molecule has 0 saturated carbocycles. The van der Waals surface area contributed by atoms with Gasteiger partial charge in [-0.05, 0) is 32.1 Å². The van der Waals surface area contributed by atoms with Gasteiger partial charge in [0, 0.05) is 12.8 Å². The van der Waals surface area contributed by atoms with Crippen LogP contribution in [0.1, 0.15) is 174 Å². The summed E-state index contributed by atoms with van der Waals surface area (Å²) in [5.41, 5.74) is 0. The topological polar surface area (TPSA) is 52.6 Å². The molecule has 0 aromatic heterocycles. The third-order valence-electron chi connectivity index (χ3n) is 6.78. The quantitative estimate of drug-likeness (QED) is 0.0798. The number of hydrogen-bond acceptors (Lipinski definition) is 4. The number of carbonyl (C=O) groups excluding carboxylic acids is 2. The minimum atomic E-state index is -0.0625. The van der Waals surface area contributed by atoms with Gasteiger partial charge >= 0.3 is 11.9 Å². The lowest BCUT2D eigenvalue weighted by molar-refractivity contribution is -0.144. The lowest BCUT2D eigenvalue weighted by atomic mass is 10.1. The minimum Gasteiger partial charge on any atom is -0.466 e. The number of ether oxygens (including phenoxy) is 2. The summed E-state index contributed by atoms with van der Waals surface area (Å²) in [4.78, 5) is 23.6. The van der Waals surface area contributed by atoms with Crippen LogP contribution in [-0.2, 0) is 19.1 Å². The lowest BCUT2D eigenvalue weighted by Gasteiger charge is -2.06. The third kappa shape index (κ3) is 29.1. The molecular weight excluding hydrogens is 436 g/mol. The van der Waals surface area contributed by atoms with Crippen LogP contribution in [0.15, 0.2) is 0 Å². The minimum absolute atomic E-state index is 0.0625. The highest BCUT2D eigenvalue weighted by molar-refractivity contribution is 5.69. The summed E-state index contributed by atoms with van der Waals surface area (Å²) >= 11 is 0. The Bertz CT molecular complexity index is 409. The average molecular weight is 497 g/mol. The van der Waals surface area contributed by atoms with Crippen LogP contribution in [0.3, 0.4) is 0 Å². The number of esters is 2. The van der Waals surface area contributed by atoms with E-state index in [0.717, 1.165) is 44.9 Å². The highest BCUT2D eigenvalue weighted by Gasteiger charge is 2.04. The molecule has 0 spiro atoms. The number of rotatable bonds is 28. The van der Waals surface area contributed by atoms with Crippen molar-refractivity contribution in [3.63, 3.8) is 0 Å². The Morgan fingerprint density at radius 3 is 0.943 bits per heavy atom. The maximum atomic E-state index is 11.8. The van der Waals surface area contributed by atoms with E-state index >= 15 is 0 Å². The first-order chi connectivity index (χ1) is 17.2. The van der Waals surface area contributed by atoms with Crippen molar-refractivity contribution in [2.24, 2.45) is 0 Å². The van der Waals surface area contributed by atoms with Gasteiger partial charge in [-0.2, -0.15) is 0 Å². The number of hydrogen-bond donors (Lipinski definition) is 0. The normalized spacial score (nSPS) is 11.0. The molecule has 0 aromatic rings. The first-order valence-corrected chi connectivity index (χ1v) is 15.5. The largest absolute Gasteiger partial charge is 0.466 e. The van der Waals surface area contributed by atoms with Gasteiger partial charge in [0.2, 0.25) is 0 Å². The summed E-state index contributed by atoms with van der Waals surface area (Å²) in [7, 11) is 0. The fourth-order valence-corrected chi connectivity index (χ4v) is 4.41. The van der Waals surface area contributed by atoms with E-state index in [9.17, 15) is 9.59 Å². The predicted molar refractivity (Wildman–Crippen MR) is 149 cm³/mol. The van der Waals surface area contributed by atoms with Crippen LogP contribution in [0.4, 0.5) is 0 Å². The zero-order valence-corrected chi connectivity index (χ0v) is 23.7. The molecule has 208 valence electrons. The van der Waals surface area contributed by atoms with Gasteiger partial charge in [-0.3, -0.25) is 9.59 Å². The fraction of sp³-hybridized carbons (Fsp3) is 0.935. The summed E-state index contributed by atoms with van der Waals surface area (Å²) in [6, 6.07) is 0. The van der Waals surface area contributed by atoms with E-state index in [-0.39, 0.29) is 11.9 Å². The third-order valence-corrected chi connectivity index (χ3v) is 6.78. The summed E-state index contributed by atoms with van der Waals surface area (Å²) < 4.78 is 10.6. The van der Waals surface area contributed by atoms with Gasteiger partial charge in [0.15, 0.2) is 0 Å². The van der Waals surface area contributed by atoms with Crippen LogP contribution >= 0.6 is 0 Å². The molecule has 0 aromatic carbocycles. The van der Waals surface area contributed by atoms with E-state index in [4.69, 9.17) is 9.47 Å². The zero-order chi connectivity index (χ0) is 25.7. The predicted octanol–water partition coefficient (Wildman–Crippen LogP) is 9.87. The standard InChI is InChI=1S/C31H60O4/c1-3-5-7-9-11-13-15-17-19-22-26-30(32)34-28-24-21-25-29-35-31(33)27-23-20-18-16-14-12-10-8-6-4-2/h3-29H2,1-2H3. The van der Waals surface area contributed by atoms with Crippen molar-refractivity contribution in [1.29, 1.82) is 0 Å². The molecule has 0 N–H and O–H groups in total. The summed E-state index contributed by atoms with van der Waals surface area (Å²) in [5.74, 6) is -0.125. The Balaban J connectivity index is 3.26. The van der Waals surface area contributed by atoms with Crippen molar-refractivity contribution in [2.45, 2.75) is 174 Å². The lowest BCUT2D eigenvalue weighted by Crippen LogP contribution is -2.07. The molecular formula is C31H60O4. The second-order valence-corrected chi connectivity index (χ2v) is 10.4. The highest BCUT2D eigenvalue weighted by Crippen LogP contribution is 2.13. The highest BCUT2D eigenvalue weighted by atomic mass is 16.5. The smallest absolute Gasteiger partial charge is 0.305 e. The molecule has 0 atom stereocenters. The maximum absolute atomic E-state index is 11.8. The summed E-state index contributed by atoms with van der Waals surface area (Å²) in [6.45, 7) is 5.49. The van der Waals surface area contributed by atoms with Crippen molar-refractivity contribution in [3.05, 3.63) is 0 Å². The van der Waals surface area contributed by atoms with Crippen LogP contribution in [0.25, 0.3) is 0 Å². The van der Waals surface area contributed by atoms with Gasteiger partial charge in [-0.1, -0.05) is 129 Å². The van der Waals surface area contributed by atoms with Gasteiger partial charge in [0.25, 0.3) is 0 Å². The van der Waals surface area contributed by atoms with E-state index in [1.165, 1.54) is 103 Å². The van der Waals surface area contributed by atoms with Crippen LogP contribution in [0, 0.1) is 0 Å². The van der Waals surface area contributed by atoms with Gasteiger partial charge in [-0.15, -0.1) is 0 Å². The van der Waals surface area contributed by atoms with E-state index in [1.807, 2.05) is 0 Å². The first-order valence-electron chi connectivity index (χ1n) is 15.5. The molecule has 0 heterocycles. The van der Waals surface area contributed by atoms with Crippen molar-refractivity contribution < 1.29 is 19.1 Å². The van der Waals surface area contributed by atoms with Crippen LogP contribution in [0.2, 0.25) is 0 Å². The van der Waals surface area contributed by atoms with Crippen molar-refractivity contribution in [1.82, 2.24) is 0 Å². The molecule has 35 heavy (non-hydrogen) atoms. The molecule has 0 fully saturated rings. The molecule has 0 aliphatic carbocycles. The molecule has 0 amide bonds. The Hall–Kier alpha value is -1.06. The Kier molecular flexibility index (Phi) is 28.3. The van der Waals surface area contributed by atoms with E-state index < -0.39 is 0 Å². The van der Waals surface area contributed by atoms with Crippen LogP contribution in [0.5, 0.6) is 0 Å². The SMILES string of the molecule is CCCCCCCCCCCCC(=O)OCCCCCOC(=O)CCCCCCCCCCCC. The molecule has 4 nitrogen and oxygen atoms in total. The molecule has 0 radical (unpaired) electrons. The fourth-order valence-electron chi connectivity index (χ4n) is 4.41. The van der Waals surface area contributed by atoms with Crippen molar-refractivity contribution in [3.8, 4) is 0 Å². The molecule has 0 rings (SSSR count). The number of unbranched alkanes of at least 4 members (excludes halogenated alkanes) is 20. The summed E-state index contributed by atoms with van der Waals surface area (Å²) in [5, 5.41) is 0. The Morgan fingerprint density at radius 1 is 0.371 bits per heavy atom. The van der Waals surface area contributed by atoms with Gasteiger partial charge in [-0.25, -0.2) is 0 Å². The zero-order valence-electron chi connectivity index (χ0n) is 23.7. The second-order valence-electron chi connectivity index (χ2n) is 10.4. The van der Waals surface area contributed by atoms with Gasteiger partial charge < -0.3 is 9.47 Å². The second kappa shape index (κ2) is 29.2. The number of carbonyl (C=O) groups is 2. The van der Waals surface area contributed by atoms with Crippen molar-refractivity contribution in [2.75, 3.05) is 13.2 Å². The summed E-state index contributed by atoms with van der Waals surface area (Å²) in [6.07, 6.45) is 29.2. The van der Waals surface area contributed by atoms with Crippen LogP contribution < -0.4 is 0 Å². The van der Waals surface area contributed by atoms with Gasteiger partial charge in [0.1, 0.15) is 0 Å². The molecule has 4 heteroatoms. The van der Waals surface area contributed by atoms with E-state index in [0.29, 0.717) is 26.1 Å². The molecule has 0 unspecified atom stereocenters. The van der Waals surface area contributed by atoms with E-state index in [2.05, 4.69) is 13.8 Å². The Labute approximate surface area is 218 Å². The molecule has 0 aliphatic rings. The molecule has 0 saturated heterocycles. The van der Waals surface area contributed by atoms with Crippen LogP contribution in [-0.4, -0.2) is 25.2 Å². The Morgan fingerprint density at radius 2 is 0.629 bits per heavy atom. The maximum Gasteiger partial charge on any atom is 0.305 e. The van der Waals surface area contributed by atoms with Gasteiger partial charge in [0.05, 0.1) is 13.2 Å². The van der Waals surface area contributed by atoms with E-state index in [1.54, 1.807) is 0 Å². The molecule has 0 aliphatic heterocycles. The average Bonchev–Trinajstić information content (AvgIpc) is 2.85. The first kappa shape index (κ1) is 33.9. The van der Waals surface area contributed by atoms with Crippen molar-refractivity contribution >= 4 is 11.9 Å².